The summed E-state index contributed by atoms with van der Waals surface area (Å²) >= 11 is 0. The van der Waals surface area contributed by atoms with E-state index in [0.29, 0.717) is 6.04 Å². The lowest BCUT2D eigenvalue weighted by atomic mass is 9.73. The van der Waals surface area contributed by atoms with Crippen LogP contribution in [0.4, 0.5) is 0 Å². The van der Waals surface area contributed by atoms with Gasteiger partial charge in [-0.3, -0.25) is 0 Å². The van der Waals surface area contributed by atoms with E-state index >= 15 is 0 Å². The molecule has 1 fully saturated rings. The Kier molecular flexibility index (Phi) is 4.81. The summed E-state index contributed by atoms with van der Waals surface area (Å²) < 4.78 is 0. The van der Waals surface area contributed by atoms with E-state index in [0.717, 1.165) is 11.8 Å². The Morgan fingerprint density at radius 3 is 2.00 bits per heavy atom. The van der Waals surface area contributed by atoms with Crippen LogP contribution in [0.5, 0.6) is 0 Å². The molecule has 0 spiro atoms. The predicted molar refractivity (Wildman–Crippen MR) is 71.7 cm³/mol. The van der Waals surface area contributed by atoms with E-state index in [9.17, 15) is 0 Å². The van der Waals surface area contributed by atoms with Gasteiger partial charge in [-0.15, -0.1) is 0 Å². The number of likely N-dealkylation sites (N-methyl/N-ethyl adjacent to an activating group) is 2. The zero-order valence-corrected chi connectivity index (χ0v) is 12.0. The van der Waals surface area contributed by atoms with E-state index in [1.54, 1.807) is 0 Å². The fraction of sp³-hybridized carbons (Fsp3) is 1.00. The molecule has 1 unspecified atom stereocenters. The van der Waals surface area contributed by atoms with Crippen LogP contribution in [-0.4, -0.2) is 37.6 Å². The van der Waals surface area contributed by atoms with E-state index < -0.39 is 0 Å². The molecule has 0 aromatic heterocycles. The molecule has 0 amide bonds. The Bertz CT molecular complexity index is 203. The van der Waals surface area contributed by atoms with Gasteiger partial charge in [0, 0.05) is 11.6 Å². The summed E-state index contributed by atoms with van der Waals surface area (Å²) in [4.78, 5) is 2.35. The maximum absolute atomic E-state index is 3.57. The largest absolute Gasteiger partial charge is 0.315 e. The van der Waals surface area contributed by atoms with Gasteiger partial charge in [0.2, 0.25) is 0 Å². The molecule has 1 saturated carbocycles. The predicted octanol–water partition coefficient (Wildman–Crippen LogP) is 2.74. The molecule has 2 nitrogen and oxygen atoms in total. The number of hydrogen-bond acceptors (Lipinski definition) is 2. The molecule has 1 aliphatic carbocycles. The van der Waals surface area contributed by atoms with Crippen LogP contribution in [0, 0.1) is 11.8 Å². The minimum atomic E-state index is 0.236. The molecule has 0 aromatic carbocycles. The number of hydrogen-bond donors (Lipinski definition) is 1. The monoisotopic (exact) mass is 226 g/mol. The van der Waals surface area contributed by atoms with E-state index in [2.05, 4.69) is 52.1 Å². The highest BCUT2D eigenvalue weighted by molar-refractivity contribution is 4.95. The summed E-state index contributed by atoms with van der Waals surface area (Å²) in [5.41, 5.74) is 0.236. The van der Waals surface area contributed by atoms with Crippen LogP contribution in [-0.2, 0) is 0 Å². The van der Waals surface area contributed by atoms with Crippen molar-refractivity contribution in [2.24, 2.45) is 11.8 Å². The molecule has 0 saturated heterocycles. The third-order valence-electron chi connectivity index (χ3n) is 4.76. The van der Waals surface area contributed by atoms with Gasteiger partial charge in [0.05, 0.1) is 0 Å². The number of nitrogens with one attached hydrogen (secondary N) is 1. The Balaban J connectivity index is 2.67. The van der Waals surface area contributed by atoms with Gasteiger partial charge in [0.15, 0.2) is 0 Å². The average molecular weight is 226 g/mol. The maximum atomic E-state index is 3.57. The summed E-state index contributed by atoms with van der Waals surface area (Å²) in [6.07, 6.45) is 5.60. The highest BCUT2D eigenvalue weighted by Gasteiger charge is 2.37. The van der Waals surface area contributed by atoms with Crippen LogP contribution in [0.3, 0.4) is 0 Å². The topological polar surface area (TPSA) is 15.3 Å². The molecule has 2 heteroatoms. The normalized spacial score (nSPS) is 29.4. The molecule has 16 heavy (non-hydrogen) atoms. The SMILES string of the molecule is CNC(C1CCC(C)CC1)C(C)(C)N(C)C. The summed E-state index contributed by atoms with van der Waals surface area (Å²) in [7, 11) is 6.50. The zero-order chi connectivity index (χ0) is 12.3. The van der Waals surface area contributed by atoms with Crippen molar-refractivity contribution in [3.8, 4) is 0 Å². The second kappa shape index (κ2) is 5.50. The third-order valence-corrected chi connectivity index (χ3v) is 4.76. The summed E-state index contributed by atoms with van der Waals surface area (Å²) in [5.74, 6) is 1.79. The molecule has 1 atom stereocenters. The van der Waals surface area contributed by atoms with Crippen LogP contribution in [0.25, 0.3) is 0 Å². The number of nitrogens with zero attached hydrogens (tertiary/aromatic N) is 1. The van der Waals surface area contributed by atoms with Crippen molar-refractivity contribution in [2.75, 3.05) is 21.1 Å². The van der Waals surface area contributed by atoms with Crippen molar-refractivity contribution in [3.63, 3.8) is 0 Å². The zero-order valence-electron chi connectivity index (χ0n) is 12.0. The average Bonchev–Trinajstić information content (AvgIpc) is 2.21. The lowest BCUT2D eigenvalue weighted by Gasteiger charge is -2.45. The van der Waals surface area contributed by atoms with E-state index in [1.807, 2.05) is 0 Å². The molecule has 0 bridgehead atoms. The lowest BCUT2D eigenvalue weighted by molar-refractivity contribution is 0.0852. The summed E-state index contributed by atoms with van der Waals surface area (Å²) in [6, 6.07) is 0.606. The first-order valence-electron chi connectivity index (χ1n) is 6.74. The van der Waals surface area contributed by atoms with E-state index in [1.165, 1.54) is 25.7 Å². The second-order valence-corrected chi connectivity index (χ2v) is 6.33. The molecule has 0 aliphatic heterocycles. The fourth-order valence-corrected chi connectivity index (χ4v) is 3.06. The van der Waals surface area contributed by atoms with Gasteiger partial charge in [-0.05, 0) is 59.7 Å². The first kappa shape index (κ1) is 14.0. The quantitative estimate of drug-likeness (QED) is 0.793. The molecular weight excluding hydrogens is 196 g/mol. The standard InChI is InChI=1S/C14H30N2/c1-11-7-9-12(10-8-11)13(15-4)14(2,3)16(5)6/h11-13,15H,7-10H2,1-6H3. The van der Waals surface area contributed by atoms with Crippen molar-refractivity contribution in [1.29, 1.82) is 0 Å². The van der Waals surface area contributed by atoms with Crippen molar-refractivity contribution in [1.82, 2.24) is 10.2 Å². The van der Waals surface area contributed by atoms with Crippen LogP contribution in [0.1, 0.15) is 46.5 Å². The summed E-state index contributed by atoms with van der Waals surface area (Å²) in [6.45, 7) is 7.10. The van der Waals surface area contributed by atoms with Gasteiger partial charge >= 0.3 is 0 Å². The molecule has 1 aliphatic rings. The lowest BCUT2D eigenvalue weighted by Crippen LogP contribution is -2.58. The number of rotatable bonds is 4. The Morgan fingerprint density at radius 1 is 1.12 bits per heavy atom. The minimum absolute atomic E-state index is 0.236. The minimum Gasteiger partial charge on any atom is -0.315 e. The fourth-order valence-electron chi connectivity index (χ4n) is 3.06. The van der Waals surface area contributed by atoms with Gasteiger partial charge < -0.3 is 10.2 Å². The first-order valence-corrected chi connectivity index (χ1v) is 6.74. The van der Waals surface area contributed by atoms with Crippen LogP contribution < -0.4 is 5.32 Å². The second-order valence-electron chi connectivity index (χ2n) is 6.33. The molecule has 96 valence electrons. The Morgan fingerprint density at radius 2 is 1.62 bits per heavy atom. The van der Waals surface area contributed by atoms with Crippen molar-refractivity contribution < 1.29 is 0 Å². The van der Waals surface area contributed by atoms with Gasteiger partial charge in [-0.1, -0.05) is 19.8 Å². The smallest absolute Gasteiger partial charge is 0.0302 e. The molecule has 0 radical (unpaired) electrons. The molecule has 0 aromatic rings. The van der Waals surface area contributed by atoms with Crippen LogP contribution >= 0.6 is 0 Å². The van der Waals surface area contributed by atoms with Crippen molar-refractivity contribution >= 4 is 0 Å². The maximum Gasteiger partial charge on any atom is 0.0302 e. The summed E-state index contributed by atoms with van der Waals surface area (Å²) in [5, 5.41) is 3.57. The van der Waals surface area contributed by atoms with Gasteiger partial charge in [0.1, 0.15) is 0 Å². The Hall–Kier alpha value is -0.0800. The first-order chi connectivity index (χ1) is 7.39. The highest BCUT2D eigenvalue weighted by atomic mass is 15.2. The van der Waals surface area contributed by atoms with Gasteiger partial charge in [-0.25, -0.2) is 0 Å². The van der Waals surface area contributed by atoms with Crippen molar-refractivity contribution in [2.45, 2.75) is 58.0 Å². The Labute approximate surface area is 102 Å². The van der Waals surface area contributed by atoms with Crippen LogP contribution in [0.15, 0.2) is 0 Å². The van der Waals surface area contributed by atoms with Gasteiger partial charge in [0.25, 0.3) is 0 Å². The van der Waals surface area contributed by atoms with Crippen LogP contribution in [0.2, 0.25) is 0 Å². The molecule has 0 heterocycles. The van der Waals surface area contributed by atoms with E-state index in [4.69, 9.17) is 0 Å². The van der Waals surface area contributed by atoms with Crippen molar-refractivity contribution in [3.05, 3.63) is 0 Å². The van der Waals surface area contributed by atoms with Gasteiger partial charge in [-0.2, -0.15) is 0 Å². The third kappa shape index (κ3) is 2.98. The molecular formula is C14H30N2. The molecule has 1 rings (SSSR count). The van der Waals surface area contributed by atoms with E-state index in [-0.39, 0.29) is 5.54 Å². The highest BCUT2D eigenvalue weighted by Crippen LogP contribution is 2.34. The molecule has 1 N–H and O–H groups in total.